The normalized spacial score (nSPS) is 24.5. The maximum atomic E-state index is 13.7. The summed E-state index contributed by atoms with van der Waals surface area (Å²) in [7, 11) is 0. The Morgan fingerprint density at radius 1 is 1.10 bits per heavy atom. The van der Waals surface area contributed by atoms with Crippen LogP contribution < -0.4 is 10.6 Å². The lowest BCUT2D eigenvalue weighted by Crippen LogP contribution is -2.56. The van der Waals surface area contributed by atoms with Crippen molar-refractivity contribution in [1.29, 1.82) is 0 Å². The third kappa shape index (κ3) is 7.20. The van der Waals surface area contributed by atoms with Crippen LogP contribution in [0.15, 0.2) is 30.3 Å². The van der Waals surface area contributed by atoms with Gasteiger partial charge in [0.2, 0.25) is 17.7 Å². The van der Waals surface area contributed by atoms with E-state index in [4.69, 9.17) is 0 Å². The number of amides is 3. The minimum absolute atomic E-state index is 0.0825. The first kappa shape index (κ1) is 29.5. The van der Waals surface area contributed by atoms with Crippen LogP contribution in [0.25, 0.3) is 0 Å². The van der Waals surface area contributed by atoms with E-state index in [1.807, 2.05) is 37.3 Å². The van der Waals surface area contributed by atoms with Crippen LogP contribution in [0.1, 0.15) is 77.7 Å². The molecule has 0 aromatic heterocycles. The van der Waals surface area contributed by atoms with Gasteiger partial charge in [-0.3, -0.25) is 19.3 Å². The van der Waals surface area contributed by atoms with Crippen LogP contribution in [-0.2, 0) is 20.8 Å². The molecule has 2 aliphatic heterocycles. The first-order chi connectivity index (χ1) is 18.7. The van der Waals surface area contributed by atoms with Gasteiger partial charge in [-0.25, -0.2) is 0 Å². The molecule has 8 nitrogen and oxygen atoms in total. The average Bonchev–Trinajstić information content (AvgIpc) is 3.57. The lowest BCUT2D eigenvalue weighted by atomic mass is 9.93. The van der Waals surface area contributed by atoms with E-state index in [1.165, 1.54) is 12.8 Å². The maximum absolute atomic E-state index is 13.7. The molecule has 1 aliphatic carbocycles. The SMILES string of the molecule is CCCCNC(=O)[C@H](C)C[C@H](O)[C@H](Cc1ccccc1)NC(=O)[C@H](C)N1CC[C@@]2(CCCN2CC2CC2)C1=O. The molecule has 1 aromatic carbocycles. The lowest BCUT2D eigenvalue weighted by Gasteiger charge is -2.35. The second kappa shape index (κ2) is 13.3. The third-order valence-corrected chi connectivity index (χ3v) is 9.03. The van der Waals surface area contributed by atoms with Crippen molar-refractivity contribution in [3.05, 3.63) is 35.9 Å². The van der Waals surface area contributed by atoms with E-state index >= 15 is 0 Å². The number of unbranched alkanes of at least 4 members (excludes halogenated alkanes) is 1. The molecule has 1 spiro atoms. The molecule has 0 unspecified atom stereocenters. The number of aliphatic hydroxyl groups excluding tert-OH is 1. The Balaban J connectivity index is 1.40. The number of likely N-dealkylation sites (tertiary alicyclic amines) is 2. The Bertz CT molecular complexity index is 984. The number of carbonyl (C=O) groups is 3. The molecule has 2 saturated heterocycles. The van der Waals surface area contributed by atoms with Gasteiger partial charge in [-0.1, -0.05) is 50.6 Å². The molecule has 8 heteroatoms. The largest absolute Gasteiger partial charge is 0.391 e. The lowest BCUT2D eigenvalue weighted by molar-refractivity contribution is -0.143. The van der Waals surface area contributed by atoms with E-state index in [0.29, 0.717) is 19.5 Å². The topological polar surface area (TPSA) is 102 Å². The molecule has 1 saturated carbocycles. The predicted octanol–water partition coefficient (Wildman–Crippen LogP) is 2.88. The van der Waals surface area contributed by atoms with Crippen LogP contribution in [0.3, 0.4) is 0 Å². The Labute approximate surface area is 233 Å². The quantitative estimate of drug-likeness (QED) is 0.315. The van der Waals surface area contributed by atoms with Crippen molar-refractivity contribution in [2.24, 2.45) is 11.8 Å². The van der Waals surface area contributed by atoms with Crippen molar-refractivity contribution in [2.45, 2.75) is 102 Å². The molecule has 39 heavy (non-hydrogen) atoms. The minimum atomic E-state index is -0.905. The van der Waals surface area contributed by atoms with Crippen molar-refractivity contribution >= 4 is 17.7 Å². The van der Waals surface area contributed by atoms with Crippen molar-refractivity contribution in [1.82, 2.24) is 20.4 Å². The molecule has 0 radical (unpaired) electrons. The fraction of sp³-hybridized carbons (Fsp3) is 0.710. The number of carbonyl (C=O) groups excluding carboxylic acids is 3. The Hall–Kier alpha value is -2.45. The zero-order valence-corrected chi connectivity index (χ0v) is 24.0. The van der Waals surface area contributed by atoms with Gasteiger partial charge >= 0.3 is 0 Å². The summed E-state index contributed by atoms with van der Waals surface area (Å²) in [5, 5.41) is 17.2. The van der Waals surface area contributed by atoms with Crippen molar-refractivity contribution < 1.29 is 19.5 Å². The second-order valence-electron chi connectivity index (χ2n) is 12.1. The highest BCUT2D eigenvalue weighted by molar-refractivity contribution is 5.94. The van der Waals surface area contributed by atoms with Crippen LogP contribution >= 0.6 is 0 Å². The highest BCUT2D eigenvalue weighted by Crippen LogP contribution is 2.42. The Kier molecular flexibility index (Phi) is 10.0. The molecule has 4 rings (SSSR count). The monoisotopic (exact) mass is 540 g/mol. The number of aliphatic hydroxyl groups is 1. The zero-order chi connectivity index (χ0) is 28.0. The van der Waals surface area contributed by atoms with Crippen LogP contribution in [0.4, 0.5) is 0 Å². The number of benzene rings is 1. The van der Waals surface area contributed by atoms with Crippen LogP contribution in [-0.4, -0.2) is 82.5 Å². The minimum Gasteiger partial charge on any atom is -0.391 e. The van der Waals surface area contributed by atoms with E-state index in [-0.39, 0.29) is 30.1 Å². The molecular weight excluding hydrogens is 492 g/mol. The zero-order valence-electron chi connectivity index (χ0n) is 24.0. The van der Waals surface area contributed by atoms with Gasteiger partial charge in [-0.05, 0) is 76.3 Å². The summed E-state index contributed by atoms with van der Waals surface area (Å²) >= 11 is 0. The third-order valence-electron chi connectivity index (χ3n) is 9.03. The highest BCUT2D eigenvalue weighted by Gasteiger charge is 2.55. The summed E-state index contributed by atoms with van der Waals surface area (Å²) in [6, 6.07) is 8.55. The van der Waals surface area contributed by atoms with E-state index in [0.717, 1.165) is 56.7 Å². The van der Waals surface area contributed by atoms with Gasteiger partial charge in [0.05, 0.1) is 12.1 Å². The molecule has 3 amide bonds. The van der Waals surface area contributed by atoms with Crippen molar-refractivity contribution in [3.8, 4) is 0 Å². The summed E-state index contributed by atoms with van der Waals surface area (Å²) in [6.07, 6.45) is 6.89. The number of nitrogens with one attached hydrogen (secondary N) is 2. The van der Waals surface area contributed by atoms with Crippen molar-refractivity contribution in [2.75, 3.05) is 26.2 Å². The smallest absolute Gasteiger partial charge is 0.243 e. The summed E-state index contributed by atoms with van der Waals surface area (Å²) < 4.78 is 0. The molecule has 1 aromatic rings. The number of hydrogen-bond acceptors (Lipinski definition) is 5. The first-order valence-electron chi connectivity index (χ1n) is 15.1. The first-order valence-corrected chi connectivity index (χ1v) is 15.1. The molecule has 3 fully saturated rings. The van der Waals surface area contributed by atoms with Gasteiger partial charge < -0.3 is 20.6 Å². The van der Waals surface area contributed by atoms with Crippen molar-refractivity contribution in [3.63, 3.8) is 0 Å². The van der Waals surface area contributed by atoms with Crippen LogP contribution in [0, 0.1) is 11.8 Å². The van der Waals surface area contributed by atoms with Gasteiger partial charge in [0.15, 0.2) is 0 Å². The van der Waals surface area contributed by atoms with Gasteiger partial charge in [0.1, 0.15) is 11.6 Å². The molecule has 0 bridgehead atoms. The highest BCUT2D eigenvalue weighted by atomic mass is 16.3. The predicted molar refractivity (Wildman–Crippen MR) is 152 cm³/mol. The fourth-order valence-corrected chi connectivity index (χ4v) is 6.28. The Morgan fingerprint density at radius 2 is 1.85 bits per heavy atom. The maximum Gasteiger partial charge on any atom is 0.243 e. The second-order valence-corrected chi connectivity index (χ2v) is 12.1. The molecule has 216 valence electrons. The number of nitrogens with zero attached hydrogens (tertiary/aromatic N) is 2. The molecular formula is C31H48N4O4. The van der Waals surface area contributed by atoms with E-state index in [2.05, 4.69) is 22.5 Å². The molecule has 2 heterocycles. The van der Waals surface area contributed by atoms with E-state index in [1.54, 1.807) is 11.8 Å². The average molecular weight is 541 g/mol. The standard InChI is InChI=1S/C31H48N4O4/c1-4-5-16-32-28(37)22(2)19-27(36)26(20-24-10-7-6-8-11-24)33-29(38)23(3)35-18-15-31(30(35)39)14-9-17-34(31)21-25-12-13-25/h6-8,10-11,22-23,25-27,36H,4-5,9,12-21H2,1-3H3,(H,32,37)(H,33,38)/t22-,23+,26+,27+,31+/m1/s1. The van der Waals surface area contributed by atoms with Gasteiger partial charge in [0.25, 0.3) is 0 Å². The molecule has 5 atom stereocenters. The molecule has 3 aliphatic rings. The van der Waals surface area contributed by atoms with Crippen LogP contribution in [0.2, 0.25) is 0 Å². The molecule has 3 N–H and O–H groups in total. The summed E-state index contributed by atoms with van der Waals surface area (Å²) in [6.45, 7) is 8.84. The van der Waals surface area contributed by atoms with E-state index < -0.39 is 23.7 Å². The summed E-state index contributed by atoms with van der Waals surface area (Å²) in [5.74, 6) is 0.0807. The Morgan fingerprint density at radius 3 is 2.54 bits per heavy atom. The summed E-state index contributed by atoms with van der Waals surface area (Å²) in [5.41, 5.74) is 0.549. The van der Waals surface area contributed by atoms with Gasteiger partial charge in [0, 0.05) is 25.6 Å². The van der Waals surface area contributed by atoms with E-state index in [9.17, 15) is 19.5 Å². The number of rotatable bonds is 14. The van der Waals surface area contributed by atoms with Crippen LogP contribution in [0.5, 0.6) is 0 Å². The van der Waals surface area contributed by atoms with Gasteiger partial charge in [-0.2, -0.15) is 0 Å². The summed E-state index contributed by atoms with van der Waals surface area (Å²) in [4.78, 5) is 44.0. The fourth-order valence-electron chi connectivity index (χ4n) is 6.28. The number of hydrogen-bond donors (Lipinski definition) is 3. The van der Waals surface area contributed by atoms with Gasteiger partial charge in [-0.15, -0.1) is 0 Å².